The van der Waals surface area contributed by atoms with Crippen molar-refractivity contribution in [1.82, 2.24) is 0 Å². The van der Waals surface area contributed by atoms with Crippen LogP contribution in [0.2, 0.25) is 0 Å². The second-order valence-corrected chi connectivity index (χ2v) is 8.25. The number of hydroxylamine groups is 1. The Morgan fingerprint density at radius 3 is 2.17 bits per heavy atom. The first kappa shape index (κ1) is 22.2. The second-order valence-electron chi connectivity index (χ2n) is 8.25. The average molecular weight is 474 g/mol. The van der Waals surface area contributed by atoms with Crippen LogP contribution in [0.1, 0.15) is 17.2 Å². The van der Waals surface area contributed by atoms with Crippen LogP contribution < -0.4 is 9.96 Å². The fourth-order valence-electron chi connectivity index (χ4n) is 4.57. The van der Waals surface area contributed by atoms with E-state index < -0.39 is 39.7 Å². The van der Waals surface area contributed by atoms with Gasteiger partial charge in [0.2, 0.25) is 5.91 Å². The van der Waals surface area contributed by atoms with E-state index >= 15 is 0 Å². The summed E-state index contributed by atoms with van der Waals surface area (Å²) in [6.45, 7) is 1.86. The molecule has 5 rings (SSSR count). The first-order valence-corrected chi connectivity index (χ1v) is 10.7. The van der Waals surface area contributed by atoms with E-state index in [-0.39, 0.29) is 17.1 Å². The lowest BCUT2D eigenvalue weighted by Crippen LogP contribution is -2.37. The van der Waals surface area contributed by atoms with Crippen molar-refractivity contribution in [3.63, 3.8) is 0 Å². The van der Waals surface area contributed by atoms with E-state index in [1.54, 1.807) is 12.1 Å². The molecule has 0 bridgehead atoms. The van der Waals surface area contributed by atoms with E-state index in [9.17, 15) is 29.8 Å². The van der Waals surface area contributed by atoms with Gasteiger partial charge in [-0.25, -0.2) is 9.96 Å². The number of nitro benzene ring substituents is 2. The van der Waals surface area contributed by atoms with E-state index in [0.717, 1.165) is 16.5 Å². The molecular weight excluding hydrogens is 456 g/mol. The molecule has 2 saturated heterocycles. The van der Waals surface area contributed by atoms with Gasteiger partial charge in [-0.1, -0.05) is 36.4 Å². The molecule has 11 heteroatoms. The van der Waals surface area contributed by atoms with Crippen LogP contribution in [-0.4, -0.2) is 27.8 Å². The van der Waals surface area contributed by atoms with Crippen LogP contribution in [0.5, 0.6) is 0 Å². The summed E-state index contributed by atoms with van der Waals surface area (Å²) in [4.78, 5) is 55.2. The number of benzene rings is 3. The molecule has 0 N–H and O–H groups in total. The molecule has 3 unspecified atom stereocenters. The Balaban J connectivity index is 1.59. The minimum Gasteiger partial charge on any atom is -0.273 e. The van der Waals surface area contributed by atoms with E-state index in [0.29, 0.717) is 11.3 Å². The van der Waals surface area contributed by atoms with Gasteiger partial charge >= 0.3 is 0 Å². The maximum absolute atomic E-state index is 13.6. The molecule has 2 aliphatic rings. The van der Waals surface area contributed by atoms with E-state index in [4.69, 9.17) is 4.84 Å². The van der Waals surface area contributed by atoms with Crippen LogP contribution in [0.25, 0.3) is 0 Å². The maximum Gasteiger partial charge on any atom is 0.271 e. The van der Waals surface area contributed by atoms with Crippen molar-refractivity contribution in [2.24, 2.45) is 5.92 Å². The number of imide groups is 1. The molecule has 3 atom stereocenters. The van der Waals surface area contributed by atoms with Gasteiger partial charge in [0, 0.05) is 24.3 Å². The molecule has 0 aliphatic carbocycles. The smallest absolute Gasteiger partial charge is 0.271 e. The Morgan fingerprint density at radius 2 is 1.51 bits per heavy atom. The Morgan fingerprint density at radius 1 is 0.829 bits per heavy atom. The van der Waals surface area contributed by atoms with Gasteiger partial charge < -0.3 is 0 Å². The lowest BCUT2D eigenvalue weighted by atomic mass is 9.90. The van der Waals surface area contributed by atoms with Crippen LogP contribution in [0.15, 0.2) is 72.8 Å². The number of carbonyl (C=O) groups is 2. The predicted octanol–water partition coefficient (Wildman–Crippen LogP) is 3.86. The number of nitro groups is 2. The largest absolute Gasteiger partial charge is 0.273 e. The van der Waals surface area contributed by atoms with Gasteiger partial charge in [-0.2, -0.15) is 0 Å². The van der Waals surface area contributed by atoms with Gasteiger partial charge in [-0.05, 0) is 30.2 Å². The molecule has 2 amide bonds. The van der Waals surface area contributed by atoms with Crippen LogP contribution in [0, 0.1) is 33.1 Å². The quantitative estimate of drug-likeness (QED) is 0.309. The summed E-state index contributed by atoms with van der Waals surface area (Å²) in [5.41, 5.74) is 1.75. The molecule has 2 fully saturated rings. The molecular formula is C24H18N4O7. The lowest BCUT2D eigenvalue weighted by Gasteiger charge is -2.29. The van der Waals surface area contributed by atoms with Crippen molar-refractivity contribution in [1.29, 1.82) is 0 Å². The summed E-state index contributed by atoms with van der Waals surface area (Å²) in [6.07, 6.45) is -1.17. The highest BCUT2D eigenvalue weighted by molar-refractivity contribution is 6.24. The lowest BCUT2D eigenvalue weighted by molar-refractivity contribution is -0.385. The summed E-state index contributed by atoms with van der Waals surface area (Å²) < 4.78 is 0. The number of carbonyl (C=O) groups excluding carboxylic acids is 2. The topological polar surface area (TPSA) is 136 Å². The first-order valence-electron chi connectivity index (χ1n) is 10.7. The fraction of sp³-hybridized carbons (Fsp3) is 0.167. The van der Waals surface area contributed by atoms with Crippen molar-refractivity contribution in [2.45, 2.75) is 19.1 Å². The zero-order valence-electron chi connectivity index (χ0n) is 18.3. The molecule has 11 nitrogen and oxygen atoms in total. The van der Waals surface area contributed by atoms with Gasteiger partial charge in [0.1, 0.15) is 5.92 Å². The number of aryl methyl sites for hydroxylation is 1. The molecule has 0 spiro atoms. The number of rotatable bonds is 5. The third-order valence-electron chi connectivity index (χ3n) is 6.21. The number of para-hydroxylation sites is 1. The van der Waals surface area contributed by atoms with Crippen LogP contribution >= 0.6 is 0 Å². The SMILES string of the molecule is Cc1ccccc1N1OC2C(=O)N(c3cccc([N+](=O)[O-])c3)C(=O)C2C1c1ccc([N+](=O)[O-])cc1. The van der Waals surface area contributed by atoms with E-state index in [1.807, 2.05) is 19.1 Å². The van der Waals surface area contributed by atoms with Crippen molar-refractivity contribution < 1.29 is 24.3 Å². The van der Waals surface area contributed by atoms with Gasteiger partial charge in [0.15, 0.2) is 6.10 Å². The molecule has 3 aromatic carbocycles. The standard InChI is InChI=1S/C24H18N4O7/c1-14-5-2-3-8-19(14)26-21(15-9-11-16(12-10-15)27(31)32)20-22(35-26)24(30)25(23(20)29)17-6-4-7-18(13-17)28(33)34/h2-13,20-22H,1H3. The number of nitrogens with zero attached hydrogens (tertiary/aromatic N) is 4. The van der Waals surface area contributed by atoms with Crippen LogP contribution in [0.3, 0.4) is 0 Å². The zero-order valence-corrected chi connectivity index (χ0v) is 18.3. The molecule has 0 aromatic heterocycles. The van der Waals surface area contributed by atoms with Crippen molar-refractivity contribution >= 4 is 34.6 Å². The maximum atomic E-state index is 13.6. The third kappa shape index (κ3) is 3.58. The average Bonchev–Trinajstić information content (AvgIpc) is 3.35. The summed E-state index contributed by atoms with van der Waals surface area (Å²) in [5, 5.41) is 23.8. The number of amides is 2. The zero-order chi connectivity index (χ0) is 24.9. The minimum atomic E-state index is -1.17. The van der Waals surface area contributed by atoms with Crippen LogP contribution in [-0.2, 0) is 14.4 Å². The van der Waals surface area contributed by atoms with Gasteiger partial charge in [-0.15, -0.1) is 0 Å². The van der Waals surface area contributed by atoms with Crippen molar-refractivity contribution in [3.8, 4) is 0 Å². The highest BCUT2D eigenvalue weighted by Crippen LogP contribution is 2.48. The molecule has 35 heavy (non-hydrogen) atoms. The minimum absolute atomic E-state index is 0.0806. The highest BCUT2D eigenvalue weighted by Gasteiger charge is 2.60. The summed E-state index contributed by atoms with van der Waals surface area (Å²) >= 11 is 0. The molecule has 2 aliphatic heterocycles. The number of non-ortho nitro benzene ring substituents is 2. The number of hydrogen-bond acceptors (Lipinski definition) is 8. The number of fused-ring (bicyclic) bond motifs is 1. The van der Waals surface area contributed by atoms with E-state index in [2.05, 4.69) is 0 Å². The third-order valence-corrected chi connectivity index (χ3v) is 6.21. The van der Waals surface area contributed by atoms with Crippen molar-refractivity contribution in [2.75, 3.05) is 9.96 Å². The molecule has 2 heterocycles. The van der Waals surface area contributed by atoms with Crippen molar-refractivity contribution in [3.05, 3.63) is 104 Å². The Hall–Kier alpha value is -4.64. The first-order chi connectivity index (χ1) is 16.8. The molecule has 0 radical (unpaired) electrons. The molecule has 3 aromatic rings. The summed E-state index contributed by atoms with van der Waals surface area (Å²) in [5.74, 6) is -2.17. The highest BCUT2D eigenvalue weighted by atomic mass is 16.7. The number of anilines is 2. The Bertz CT molecular complexity index is 1370. The van der Waals surface area contributed by atoms with E-state index in [1.165, 1.54) is 47.5 Å². The van der Waals surface area contributed by atoms with Gasteiger partial charge in [0.05, 0.1) is 27.3 Å². The van der Waals surface area contributed by atoms with Gasteiger partial charge in [0.25, 0.3) is 17.3 Å². The Labute approximate surface area is 198 Å². The fourth-order valence-corrected chi connectivity index (χ4v) is 4.57. The monoisotopic (exact) mass is 474 g/mol. The molecule has 176 valence electrons. The molecule has 0 saturated carbocycles. The number of hydrogen-bond donors (Lipinski definition) is 0. The summed E-state index contributed by atoms with van der Waals surface area (Å²) in [7, 11) is 0. The normalized spacial score (nSPS) is 21.3. The predicted molar refractivity (Wildman–Crippen MR) is 123 cm³/mol. The summed E-state index contributed by atoms with van der Waals surface area (Å²) in [6, 6.07) is 17.5. The van der Waals surface area contributed by atoms with Crippen LogP contribution in [0.4, 0.5) is 22.7 Å². The van der Waals surface area contributed by atoms with Gasteiger partial charge in [-0.3, -0.25) is 34.7 Å². The Kier molecular flexibility index (Phi) is 5.25. The second kappa shape index (κ2) is 8.29.